The molecule has 1 N–H and O–H groups in total. The van der Waals surface area contributed by atoms with E-state index in [0.717, 1.165) is 44.9 Å². The topological polar surface area (TPSA) is 82.4 Å². The maximum absolute atomic E-state index is 13.2. The van der Waals surface area contributed by atoms with E-state index in [0.29, 0.717) is 37.1 Å². The molecule has 182 valence electrons. The molecule has 2 saturated carbocycles. The van der Waals surface area contributed by atoms with Crippen LogP contribution in [-0.2, 0) is 14.3 Å². The number of fused-ring (bicyclic) bond motifs is 2. The lowest BCUT2D eigenvalue weighted by molar-refractivity contribution is -0.183. The van der Waals surface area contributed by atoms with Crippen molar-refractivity contribution in [3.05, 3.63) is 0 Å². The van der Waals surface area contributed by atoms with Crippen LogP contribution >= 0.6 is 0 Å². The van der Waals surface area contributed by atoms with Crippen LogP contribution in [0.25, 0.3) is 0 Å². The zero-order valence-corrected chi connectivity index (χ0v) is 21.2. The van der Waals surface area contributed by atoms with Gasteiger partial charge in [-0.2, -0.15) is 5.26 Å². The molecule has 0 radical (unpaired) electrons. The van der Waals surface area contributed by atoms with Crippen LogP contribution < -0.4 is 5.32 Å². The molecular formula is C26H45N3O3. The van der Waals surface area contributed by atoms with Gasteiger partial charge in [-0.05, 0) is 82.2 Å². The van der Waals surface area contributed by atoms with E-state index in [-0.39, 0.29) is 23.3 Å². The molecule has 2 aliphatic carbocycles. The normalized spacial score (nSPS) is 36.0. The van der Waals surface area contributed by atoms with E-state index in [1.165, 1.54) is 6.42 Å². The number of esters is 1. The van der Waals surface area contributed by atoms with E-state index in [1.54, 1.807) is 4.90 Å². The number of amides is 1. The standard InChI is InChI=1S/C24H38N2O3.C2H7N/c1-5-7-22(28)29-24-11-18(6-2)9-19(12-24)10-23(4,16-24)13-21(27)26-15-17(3)8-20(26)14-25;1-3-2/h17-20H,5-13,15-16H2,1-4H3;3H,1-2H3. The molecule has 1 saturated heterocycles. The van der Waals surface area contributed by atoms with E-state index in [2.05, 4.69) is 32.2 Å². The molecular weight excluding hydrogens is 402 g/mol. The molecule has 0 aromatic heterocycles. The second-order valence-corrected chi connectivity index (χ2v) is 11.1. The molecule has 3 rings (SSSR count). The molecule has 32 heavy (non-hydrogen) atoms. The largest absolute Gasteiger partial charge is 0.459 e. The highest BCUT2D eigenvalue weighted by molar-refractivity contribution is 5.78. The maximum Gasteiger partial charge on any atom is 0.306 e. The van der Waals surface area contributed by atoms with Gasteiger partial charge in [-0.25, -0.2) is 0 Å². The Labute approximate surface area is 195 Å². The van der Waals surface area contributed by atoms with E-state index < -0.39 is 5.60 Å². The Kier molecular flexibility index (Phi) is 9.57. The molecule has 1 aliphatic heterocycles. The van der Waals surface area contributed by atoms with Crippen LogP contribution in [0, 0.1) is 34.5 Å². The number of likely N-dealkylation sites (tertiary alicyclic amines) is 1. The Bertz CT molecular complexity index is 690. The molecule has 1 heterocycles. The highest BCUT2D eigenvalue weighted by Crippen LogP contribution is 2.56. The third-order valence-electron chi connectivity index (χ3n) is 7.44. The Morgan fingerprint density at radius 2 is 1.88 bits per heavy atom. The van der Waals surface area contributed by atoms with Gasteiger partial charge in [-0.1, -0.05) is 34.1 Å². The van der Waals surface area contributed by atoms with Gasteiger partial charge in [0.1, 0.15) is 11.6 Å². The van der Waals surface area contributed by atoms with Crippen LogP contribution in [0.1, 0.15) is 91.9 Å². The van der Waals surface area contributed by atoms with Crippen LogP contribution in [0.2, 0.25) is 0 Å². The van der Waals surface area contributed by atoms with Gasteiger partial charge in [-0.15, -0.1) is 0 Å². The number of hydrogen-bond acceptors (Lipinski definition) is 5. The van der Waals surface area contributed by atoms with Gasteiger partial charge in [-0.3, -0.25) is 9.59 Å². The lowest BCUT2D eigenvalue weighted by atomic mass is 9.56. The van der Waals surface area contributed by atoms with Crippen molar-refractivity contribution in [3.63, 3.8) is 0 Å². The summed E-state index contributed by atoms with van der Waals surface area (Å²) in [4.78, 5) is 27.4. The predicted octanol–water partition coefficient (Wildman–Crippen LogP) is 4.68. The summed E-state index contributed by atoms with van der Waals surface area (Å²) in [6, 6.07) is 2.02. The Morgan fingerprint density at radius 1 is 1.19 bits per heavy atom. The number of rotatable bonds is 6. The summed E-state index contributed by atoms with van der Waals surface area (Å²) in [7, 11) is 3.75. The summed E-state index contributed by atoms with van der Waals surface area (Å²) in [6.07, 6.45) is 8.46. The number of hydrogen-bond donors (Lipinski definition) is 1. The second kappa shape index (κ2) is 11.5. The van der Waals surface area contributed by atoms with Crippen LogP contribution in [-0.4, -0.2) is 49.1 Å². The zero-order valence-electron chi connectivity index (χ0n) is 21.2. The van der Waals surface area contributed by atoms with E-state index >= 15 is 0 Å². The minimum atomic E-state index is -0.407. The zero-order chi connectivity index (χ0) is 23.9. The van der Waals surface area contributed by atoms with Gasteiger partial charge in [0.05, 0.1) is 6.07 Å². The summed E-state index contributed by atoms with van der Waals surface area (Å²) in [5, 5.41) is 12.2. The number of ether oxygens (including phenoxy) is 1. The maximum atomic E-state index is 13.2. The fraction of sp³-hybridized carbons (Fsp3) is 0.885. The molecule has 3 fully saturated rings. The first-order valence-corrected chi connectivity index (χ1v) is 12.6. The highest BCUT2D eigenvalue weighted by atomic mass is 16.6. The second-order valence-electron chi connectivity index (χ2n) is 11.1. The van der Waals surface area contributed by atoms with Crippen molar-refractivity contribution >= 4 is 11.9 Å². The molecule has 1 amide bonds. The molecule has 6 nitrogen and oxygen atoms in total. The lowest BCUT2D eigenvalue weighted by Crippen LogP contribution is -2.52. The fourth-order valence-corrected chi connectivity index (χ4v) is 6.59. The van der Waals surface area contributed by atoms with Crippen molar-refractivity contribution in [2.45, 2.75) is 104 Å². The first-order chi connectivity index (χ1) is 15.1. The molecule has 0 aromatic carbocycles. The molecule has 3 aliphatic rings. The van der Waals surface area contributed by atoms with E-state index in [1.807, 2.05) is 21.0 Å². The average Bonchev–Trinajstić information content (AvgIpc) is 3.08. The van der Waals surface area contributed by atoms with Gasteiger partial charge in [0.15, 0.2) is 0 Å². The van der Waals surface area contributed by atoms with Crippen LogP contribution in [0.3, 0.4) is 0 Å². The third-order valence-corrected chi connectivity index (χ3v) is 7.44. The summed E-state index contributed by atoms with van der Waals surface area (Å²) < 4.78 is 6.17. The van der Waals surface area contributed by atoms with Gasteiger partial charge < -0.3 is 15.0 Å². The van der Waals surface area contributed by atoms with E-state index in [9.17, 15) is 14.9 Å². The monoisotopic (exact) mass is 447 g/mol. The number of carbonyl (C=O) groups excluding carboxylic acids is 2. The lowest BCUT2D eigenvalue weighted by Gasteiger charge is -2.54. The number of nitrogens with one attached hydrogen (secondary N) is 1. The minimum absolute atomic E-state index is 0.0866. The summed E-state index contributed by atoms with van der Waals surface area (Å²) in [5.74, 6) is 1.51. The Hall–Kier alpha value is -1.61. The van der Waals surface area contributed by atoms with Crippen molar-refractivity contribution in [2.24, 2.45) is 23.2 Å². The molecule has 6 heteroatoms. The summed E-state index contributed by atoms with van der Waals surface area (Å²) in [6.45, 7) is 9.23. The van der Waals surface area contributed by atoms with Gasteiger partial charge in [0, 0.05) is 19.4 Å². The first kappa shape index (κ1) is 26.6. The summed E-state index contributed by atoms with van der Waals surface area (Å²) in [5.41, 5.74) is -0.576. The highest BCUT2D eigenvalue weighted by Gasteiger charge is 2.53. The molecule has 0 spiro atoms. The third kappa shape index (κ3) is 6.70. The molecule has 0 aromatic rings. The predicted molar refractivity (Wildman–Crippen MR) is 127 cm³/mol. The number of carbonyl (C=O) groups is 2. The Balaban J connectivity index is 0.00000114. The Morgan fingerprint density at radius 3 is 2.47 bits per heavy atom. The van der Waals surface area contributed by atoms with E-state index in [4.69, 9.17) is 4.74 Å². The quantitative estimate of drug-likeness (QED) is 0.598. The smallest absolute Gasteiger partial charge is 0.306 e. The van der Waals surface area contributed by atoms with Crippen molar-refractivity contribution < 1.29 is 14.3 Å². The fourth-order valence-electron chi connectivity index (χ4n) is 6.59. The number of nitrogens with zero attached hydrogens (tertiary/aromatic N) is 2. The van der Waals surface area contributed by atoms with Gasteiger partial charge >= 0.3 is 5.97 Å². The van der Waals surface area contributed by atoms with Crippen molar-refractivity contribution in [2.75, 3.05) is 20.6 Å². The van der Waals surface area contributed by atoms with Crippen LogP contribution in [0.4, 0.5) is 0 Å². The molecule has 6 atom stereocenters. The van der Waals surface area contributed by atoms with Crippen LogP contribution in [0.15, 0.2) is 0 Å². The van der Waals surface area contributed by atoms with Gasteiger partial charge in [0.25, 0.3) is 0 Å². The minimum Gasteiger partial charge on any atom is -0.459 e. The summed E-state index contributed by atoms with van der Waals surface area (Å²) >= 11 is 0. The number of nitriles is 1. The van der Waals surface area contributed by atoms with Crippen molar-refractivity contribution in [1.29, 1.82) is 5.26 Å². The van der Waals surface area contributed by atoms with Gasteiger partial charge in [0.2, 0.25) is 5.91 Å². The average molecular weight is 448 g/mol. The first-order valence-electron chi connectivity index (χ1n) is 12.6. The van der Waals surface area contributed by atoms with Crippen molar-refractivity contribution in [3.8, 4) is 6.07 Å². The molecule has 2 bridgehead atoms. The molecule has 6 unspecified atom stereocenters. The van der Waals surface area contributed by atoms with Crippen molar-refractivity contribution in [1.82, 2.24) is 10.2 Å². The SMILES string of the molecule is CCCC(=O)OC12CC(CC)CC(CC(C)(CC(=O)N3CC(C)CC3C#N)C1)C2.CNC. The van der Waals surface area contributed by atoms with Crippen LogP contribution in [0.5, 0.6) is 0 Å².